The van der Waals surface area contributed by atoms with E-state index in [1.807, 2.05) is 0 Å². The van der Waals surface area contributed by atoms with Gasteiger partial charge in [-0.15, -0.1) is 0 Å². The summed E-state index contributed by atoms with van der Waals surface area (Å²) >= 11 is 0. The summed E-state index contributed by atoms with van der Waals surface area (Å²) in [6, 6.07) is -0.0478. The molecule has 0 aromatic heterocycles. The molecule has 1 heterocycles. The molecule has 2 amide bonds. The molecule has 4 nitrogen and oxygen atoms in total. The SMILES string of the molecule is CC(O)CNC(=O)N1CCCC1. The maximum absolute atomic E-state index is 11.3. The van der Waals surface area contributed by atoms with E-state index in [0.717, 1.165) is 25.9 Å². The Labute approximate surface area is 72.6 Å². The van der Waals surface area contributed by atoms with E-state index in [4.69, 9.17) is 5.11 Å². The Morgan fingerprint density at radius 2 is 2.17 bits per heavy atom. The van der Waals surface area contributed by atoms with Gasteiger partial charge in [-0.3, -0.25) is 0 Å². The van der Waals surface area contributed by atoms with Crippen LogP contribution in [0.3, 0.4) is 0 Å². The van der Waals surface area contributed by atoms with Gasteiger partial charge >= 0.3 is 6.03 Å². The van der Waals surface area contributed by atoms with Gasteiger partial charge in [0.1, 0.15) is 0 Å². The van der Waals surface area contributed by atoms with E-state index < -0.39 is 6.10 Å². The quantitative estimate of drug-likeness (QED) is 0.624. The maximum Gasteiger partial charge on any atom is 0.317 e. The summed E-state index contributed by atoms with van der Waals surface area (Å²) in [4.78, 5) is 13.0. The number of aliphatic hydroxyl groups is 1. The van der Waals surface area contributed by atoms with Crippen LogP contribution in [0.5, 0.6) is 0 Å². The highest BCUT2D eigenvalue weighted by atomic mass is 16.3. The van der Waals surface area contributed by atoms with Gasteiger partial charge in [0.25, 0.3) is 0 Å². The molecular weight excluding hydrogens is 156 g/mol. The first-order valence-corrected chi connectivity index (χ1v) is 4.41. The van der Waals surface area contributed by atoms with Gasteiger partial charge in [0.05, 0.1) is 6.10 Å². The van der Waals surface area contributed by atoms with Gasteiger partial charge in [0.2, 0.25) is 0 Å². The fourth-order valence-electron chi connectivity index (χ4n) is 1.27. The fraction of sp³-hybridized carbons (Fsp3) is 0.875. The lowest BCUT2D eigenvalue weighted by atomic mass is 10.4. The molecule has 2 N–H and O–H groups in total. The predicted molar refractivity (Wildman–Crippen MR) is 45.9 cm³/mol. The van der Waals surface area contributed by atoms with E-state index in [1.54, 1.807) is 11.8 Å². The molecule has 1 atom stereocenters. The van der Waals surface area contributed by atoms with Crippen molar-refractivity contribution in [2.75, 3.05) is 19.6 Å². The van der Waals surface area contributed by atoms with E-state index in [-0.39, 0.29) is 6.03 Å². The Morgan fingerprint density at radius 3 is 2.67 bits per heavy atom. The molecule has 1 saturated heterocycles. The molecule has 1 aliphatic heterocycles. The van der Waals surface area contributed by atoms with Crippen molar-refractivity contribution in [3.05, 3.63) is 0 Å². The lowest BCUT2D eigenvalue weighted by Gasteiger charge is -2.16. The number of hydrogen-bond acceptors (Lipinski definition) is 2. The Hall–Kier alpha value is -0.770. The first-order valence-electron chi connectivity index (χ1n) is 4.41. The number of aliphatic hydroxyl groups excluding tert-OH is 1. The number of nitrogens with one attached hydrogen (secondary N) is 1. The highest BCUT2D eigenvalue weighted by Gasteiger charge is 2.17. The Bertz CT molecular complexity index is 153. The molecule has 0 spiro atoms. The summed E-state index contributed by atoms with van der Waals surface area (Å²) in [6.45, 7) is 3.71. The van der Waals surface area contributed by atoms with E-state index in [2.05, 4.69) is 5.32 Å². The van der Waals surface area contributed by atoms with Gasteiger partial charge in [0, 0.05) is 19.6 Å². The summed E-state index contributed by atoms with van der Waals surface area (Å²) < 4.78 is 0. The van der Waals surface area contributed by atoms with Crippen LogP contribution in [0.25, 0.3) is 0 Å². The minimum atomic E-state index is -0.462. The van der Waals surface area contributed by atoms with Crippen LogP contribution < -0.4 is 5.32 Å². The standard InChI is InChI=1S/C8H16N2O2/c1-7(11)6-9-8(12)10-4-2-3-5-10/h7,11H,2-6H2,1H3,(H,9,12). The molecule has 70 valence electrons. The highest BCUT2D eigenvalue weighted by molar-refractivity contribution is 5.74. The lowest BCUT2D eigenvalue weighted by Crippen LogP contribution is -2.40. The number of hydrogen-bond donors (Lipinski definition) is 2. The fourth-order valence-corrected chi connectivity index (χ4v) is 1.27. The molecule has 1 fully saturated rings. The third kappa shape index (κ3) is 2.70. The number of nitrogens with zero attached hydrogens (tertiary/aromatic N) is 1. The van der Waals surface area contributed by atoms with Crippen LogP contribution in [-0.2, 0) is 0 Å². The molecule has 1 rings (SSSR count). The first kappa shape index (κ1) is 9.32. The number of likely N-dealkylation sites (tertiary alicyclic amines) is 1. The van der Waals surface area contributed by atoms with E-state index in [1.165, 1.54) is 0 Å². The van der Waals surface area contributed by atoms with Crippen LogP contribution in [-0.4, -0.2) is 41.8 Å². The normalized spacial score (nSPS) is 19.3. The predicted octanol–water partition coefficient (Wildman–Crippen LogP) is 0.173. The zero-order valence-electron chi connectivity index (χ0n) is 7.42. The molecule has 1 unspecified atom stereocenters. The molecule has 12 heavy (non-hydrogen) atoms. The molecule has 0 aliphatic carbocycles. The minimum absolute atomic E-state index is 0.0478. The number of carbonyl (C=O) groups excluding carboxylic acids is 1. The van der Waals surface area contributed by atoms with Crippen molar-refractivity contribution in [1.29, 1.82) is 0 Å². The van der Waals surface area contributed by atoms with Gasteiger partial charge in [-0.05, 0) is 19.8 Å². The van der Waals surface area contributed by atoms with Gasteiger partial charge in [-0.1, -0.05) is 0 Å². The zero-order chi connectivity index (χ0) is 8.97. The molecule has 0 saturated carbocycles. The number of urea groups is 1. The summed E-state index contributed by atoms with van der Waals surface area (Å²) in [5.74, 6) is 0. The largest absolute Gasteiger partial charge is 0.392 e. The van der Waals surface area contributed by atoms with Crippen LogP contribution in [0.2, 0.25) is 0 Å². The van der Waals surface area contributed by atoms with Crippen molar-refractivity contribution in [1.82, 2.24) is 10.2 Å². The van der Waals surface area contributed by atoms with E-state index in [9.17, 15) is 4.79 Å². The van der Waals surface area contributed by atoms with E-state index in [0.29, 0.717) is 6.54 Å². The van der Waals surface area contributed by atoms with Crippen molar-refractivity contribution in [2.24, 2.45) is 0 Å². The Balaban J connectivity index is 2.18. The molecule has 0 aromatic rings. The molecule has 0 aromatic carbocycles. The zero-order valence-corrected chi connectivity index (χ0v) is 7.42. The second-order valence-electron chi connectivity index (χ2n) is 3.23. The third-order valence-electron chi connectivity index (χ3n) is 1.94. The number of amides is 2. The van der Waals surface area contributed by atoms with E-state index >= 15 is 0 Å². The smallest absolute Gasteiger partial charge is 0.317 e. The van der Waals surface area contributed by atoms with Crippen molar-refractivity contribution in [2.45, 2.75) is 25.9 Å². The second-order valence-corrected chi connectivity index (χ2v) is 3.23. The van der Waals surface area contributed by atoms with Crippen LogP contribution in [0.15, 0.2) is 0 Å². The lowest BCUT2D eigenvalue weighted by molar-refractivity contribution is 0.176. The maximum atomic E-state index is 11.3. The molecule has 1 aliphatic rings. The summed E-state index contributed by atoms with van der Waals surface area (Å²) in [7, 11) is 0. The van der Waals surface area contributed by atoms with Crippen LogP contribution >= 0.6 is 0 Å². The molecule has 0 radical (unpaired) electrons. The summed E-state index contributed by atoms with van der Waals surface area (Å²) in [6.07, 6.45) is 1.74. The van der Waals surface area contributed by atoms with Crippen LogP contribution in [0.4, 0.5) is 4.79 Å². The Morgan fingerprint density at radius 1 is 1.58 bits per heavy atom. The average molecular weight is 172 g/mol. The third-order valence-corrected chi connectivity index (χ3v) is 1.94. The molecule has 4 heteroatoms. The first-order chi connectivity index (χ1) is 5.70. The van der Waals surface area contributed by atoms with Gasteiger partial charge in [-0.2, -0.15) is 0 Å². The number of carbonyl (C=O) groups is 1. The monoisotopic (exact) mass is 172 g/mol. The topological polar surface area (TPSA) is 52.6 Å². The molecular formula is C8H16N2O2. The van der Waals surface area contributed by atoms with Crippen LogP contribution in [0.1, 0.15) is 19.8 Å². The Kier molecular flexibility index (Phi) is 3.34. The number of rotatable bonds is 2. The second kappa shape index (κ2) is 4.30. The van der Waals surface area contributed by atoms with Crippen LogP contribution in [0, 0.1) is 0 Å². The minimum Gasteiger partial charge on any atom is -0.392 e. The summed E-state index contributed by atoms with van der Waals surface area (Å²) in [5.41, 5.74) is 0. The average Bonchev–Trinajstić information content (AvgIpc) is 2.51. The van der Waals surface area contributed by atoms with Crippen molar-refractivity contribution < 1.29 is 9.90 Å². The van der Waals surface area contributed by atoms with Crippen molar-refractivity contribution in [3.63, 3.8) is 0 Å². The van der Waals surface area contributed by atoms with Gasteiger partial charge < -0.3 is 15.3 Å². The van der Waals surface area contributed by atoms with Crippen molar-refractivity contribution >= 4 is 6.03 Å². The highest BCUT2D eigenvalue weighted by Crippen LogP contribution is 2.06. The molecule has 0 bridgehead atoms. The van der Waals surface area contributed by atoms with Gasteiger partial charge in [-0.25, -0.2) is 4.79 Å². The van der Waals surface area contributed by atoms with Crippen molar-refractivity contribution in [3.8, 4) is 0 Å². The van der Waals surface area contributed by atoms with Gasteiger partial charge in [0.15, 0.2) is 0 Å². The summed E-state index contributed by atoms with van der Waals surface area (Å²) in [5, 5.41) is 11.6.